The lowest BCUT2D eigenvalue weighted by Gasteiger charge is -2.08. The average molecular weight is 365 g/mol. The van der Waals surface area contributed by atoms with Crippen molar-refractivity contribution in [2.75, 3.05) is 18.9 Å². The zero-order chi connectivity index (χ0) is 17.3. The average Bonchev–Trinajstić information content (AvgIpc) is 2.89. The number of primary amides is 1. The number of amides is 1. The smallest absolute Gasteiger partial charge is 0.318 e. The molecule has 3 aromatic rings. The minimum absolute atomic E-state index is 0.0457. The van der Waals surface area contributed by atoms with Crippen molar-refractivity contribution >= 4 is 44.7 Å². The maximum absolute atomic E-state index is 11.6. The van der Waals surface area contributed by atoms with E-state index in [-0.39, 0.29) is 29.8 Å². The maximum atomic E-state index is 11.6. The predicted octanol–water partition coefficient (Wildman–Crippen LogP) is 2.06. The molecule has 0 saturated carbocycles. The second-order valence-corrected chi connectivity index (χ2v) is 6.26. The zero-order valence-corrected chi connectivity index (χ0v) is 13.9. The Balaban J connectivity index is 2.29. The fourth-order valence-corrected chi connectivity index (χ4v) is 3.36. The van der Waals surface area contributed by atoms with Gasteiger partial charge in [0.15, 0.2) is 0 Å². The van der Waals surface area contributed by atoms with E-state index in [1.807, 2.05) is 6.07 Å². The first-order valence-corrected chi connectivity index (χ1v) is 8.10. The number of aromatic nitrogens is 2. The number of ether oxygens (including phenoxy) is 1. The van der Waals surface area contributed by atoms with Gasteiger partial charge in [-0.1, -0.05) is 23.7 Å². The first kappa shape index (κ1) is 16.4. The summed E-state index contributed by atoms with van der Waals surface area (Å²) in [6.07, 6.45) is 0. The minimum Gasteiger partial charge on any atom is -0.461 e. The number of hydrogen-bond donors (Lipinski definition) is 3. The molecule has 0 bridgehead atoms. The number of thiophene rings is 1. The summed E-state index contributed by atoms with van der Waals surface area (Å²) in [6.45, 7) is -0.128. The van der Waals surface area contributed by atoms with Crippen molar-refractivity contribution in [1.82, 2.24) is 9.97 Å². The van der Waals surface area contributed by atoms with E-state index in [4.69, 9.17) is 32.9 Å². The van der Waals surface area contributed by atoms with Crippen LogP contribution in [-0.2, 0) is 0 Å². The lowest BCUT2D eigenvalue weighted by Crippen LogP contribution is -2.10. The number of nitrogen functional groups attached to an aromatic ring is 1. The highest BCUT2D eigenvalue weighted by molar-refractivity contribution is 7.21. The number of nitrogens with two attached hydrogens (primary N) is 2. The van der Waals surface area contributed by atoms with E-state index in [1.165, 1.54) is 0 Å². The van der Waals surface area contributed by atoms with Crippen molar-refractivity contribution in [2.45, 2.75) is 0 Å². The normalized spacial score (nSPS) is 10.9. The van der Waals surface area contributed by atoms with Gasteiger partial charge in [0, 0.05) is 10.6 Å². The number of carbonyl (C=O) groups is 1. The standard InChI is InChI=1S/C15H13ClN4O3S/c16-8-3-1-2-7(6-8)11-9-10(17)12(13(18)22)24-14(9)20-15(19-11)23-5-4-21/h1-3,6,21H,4-5,17H2,(H2,18,22). The molecule has 124 valence electrons. The molecule has 3 rings (SSSR count). The molecule has 0 saturated heterocycles. The van der Waals surface area contributed by atoms with Crippen LogP contribution in [-0.4, -0.2) is 34.2 Å². The summed E-state index contributed by atoms with van der Waals surface area (Å²) in [5, 5.41) is 9.96. The maximum Gasteiger partial charge on any atom is 0.318 e. The van der Waals surface area contributed by atoms with Crippen LogP contribution in [0, 0.1) is 0 Å². The summed E-state index contributed by atoms with van der Waals surface area (Å²) < 4.78 is 5.31. The van der Waals surface area contributed by atoms with Gasteiger partial charge < -0.3 is 21.3 Å². The lowest BCUT2D eigenvalue weighted by molar-refractivity contribution is 0.100. The van der Waals surface area contributed by atoms with E-state index < -0.39 is 5.91 Å². The number of aliphatic hydroxyl groups excluding tert-OH is 1. The molecule has 0 fully saturated rings. The van der Waals surface area contributed by atoms with E-state index in [1.54, 1.807) is 18.2 Å². The van der Waals surface area contributed by atoms with Crippen LogP contribution in [0.5, 0.6) is 6.01 Å². The molecule has 0 aliphatic carbocycles. The molecular weight excluding hydrogens is 352 g/mol. The molecule has 0 spiro atoms. The van der Waals surface area contributed by atoms with Gasteiger partial charge >= 0.3 is 6.01 Å². The summed E-state index contributed by atoms with van der Waals surface area (Å²) in [7, 11) is 0. The van der Waals surface area contributed by atoms with Crippen LogP contribution in [0.2, 0.25) is 5.02 Å². The van der Waals surface area contributed by atoms with Crippen molar-refractivity contribution in [3.05, 3.63) is 34.2 Å². The third-order valence-corrected chi connectivity index (χ3v) is 4.56. The minimum atomic E-state index is -0.634. The first-order chi connectivity index (χ1) is 11.5. The number of hydrogen-bond acceptors (Lipinski definition) is 7. The van der Waals surface area contributed by atoms with Gasteiger partial charge in [-0.3, -0.25) is 4.79 Å². The van der Waals surface area contributed by atoms with Gasteiger partial charge in [-0.2, -0.15) is 9.97 Å². The molecule has 24 heavy (non-hydrogen) atoms. The Bertz CT molecular complexity index is 928. The number of halogens is 1. The monoisotopic (exact) mass is 364 g/mol. The third-order valence-electron chi connectivity index (χ3n) is 3.21. The highest BCUT2D eigenvalue weighted by Crippen LogP contribution is 2.39. The molecule has 0 unspecified atom stereocenters. The lowest BCUT2D eigenvalue weighted by atomic mass is 10.1. The van der Waals surface area contributed by atoms with Crippen LogP contribution in [0.15, 0.2) is 24.3 Å². The SMILES string of the molecule is NC(=O)c1sc2nc(OCCO)nc(-c3cccc(Cl)c3)c2c1N. The Hall–Kier alpha value is -2.42. The van der Waals surface area contributed by atoms with Crippen LogP contribution in [0.1, 0.15) is 9.67 Å². The molecule has 1 amide bonds. The number of aliphatic hydroxyl groups is 1. The van der Waals surface area contributed by atoms with Gasteiger partial charge in [0.2, 0.25) is 0 Å². The van der Waals surface area contributed by atoms with Gasteiger partial charge in [0.25, 0.3) is 5.91 Å². The van der Waals surface area contributed by atoms with Crippen molar-refractivity contribution in [1.29, 1.82) is 0 Å². The molecule has 7 nitrogen and oxygen atoms in total. The highest BCUT2D eigenvalue weighted by Gasteiger charge is 2.21. The molecule has 0 aliphatic rings. The first-order valence-electron chi connectivity index (χ1n) is 6.90. The van der Waals surface area contributed by atoms with Gasteiger partial charge in [-0.15, -0.1) is 11.3 Å². The number of rotatable bonds is 5. The molecule has 0 atom stereocenters. The van der Waals surface area contributed by atoms with E-state index >= 15 is 0 Å². The summed E-state index contributed by atoms with van der Waals surface area (Å²) in [4.78, 5) is 20.8. The predicted molar refractivity (Wildman–Crippen MR) is 93.4 cm³/mol. The van der Waals surface area contributed by atoms with Crippen LogP contribution in [0.25, 0.3) is 21.5 Å². The van der Waals surface area contributed by atoms with Crippen molar-refractivity contribution < 1.29 is 14.6 Å². The van der Waals surface area contributed by atoms with Gasteiger partial charge in [0.05, 0.1) is 23.4 Å². The highest BCUT2D eigenvalue weighted by atomic mass is 35.5. The molecule has 0 aliphatic heterocycles. The Morgan fingerprint density at radius 2 is 2.17 bits per heavy atom. The zero-order valence-electron chi connectivity index (χ0n) is 12.3. The second kappa shape index (κ2) is 6.60. The Kier molecular flexibility index (Phi) is 4.52. The number of benzene rings is 1. The summed E-state index contributed by atoms with van der Waals surface area (Å²) >= 11 is 7.12. The quantitative estimate of drug-likeness (QED) is 0.636. The molecule has 5 N–H and O–H groups in total. The van der Waals surface area contributed by atoms with Crippen LogP contribution in [0.3, 0.4) is 0 Å². The Morgan fingerprint density at radius 1 is 1.38 bits per heavy atom. The van der Waals surface area contributed by atoms with Crippen LogP contribution in [0.4, 0.5) is 5.69 Å². The fraction of sp³-hybridized carbons (Fsp3) is 0.133. The summed E-state index contributed by atoms with van der Waals surface area (Å²) in [5.41, 5.74) is 12.9. The van der Waals surface area contributed by atoms with E-state index in [0.29, 0.717) is 26.5 Å². The number of anilines is 1. The molecule has 0 radical (unpaired) electrons. The number of nitrogens with zero attached hydrogens (tertiary/aromatic N) is 2. The fourth-order valence-electron chi connectivity index (χ4n) is 2.23. The molecule has 9 heteroatoms. The molecular formula is C15H13ClN4O3S. The largest absolute Gasteiger partial charge is 0.461 e. The molecule has 2 aromatic heterocycles. The van der Waals surface area contributed by atoms with Crippen molar-refractivity contribution in [3.63, 3.8) is 0 Å². The van der Waals surface area contributed by atoms with Crippen LogP contribution < -0.4 is 16.2 Å². The topological polar surface area (TPSA) is 124 Å². The Morgan fingerprint density at radius 3 is 2.83 bits per heavy atom. The number of carbonyl (C=O) groups excluding carboxylic acids is 1. The van der Waals surface area contributed by atoms with Gasteiger partial charge in [-0.25, -0.2) is 0 Å². The Labute approximate surface area is 145 Å². The summed E-state index contributed by atoms with van der Waals surface area (Å²) in [6, 6.07) is 7.12. The van der Waals surface area contributed by atoms with Crippen molar-refractivity contribution in [2.24, 2.45) is 5.73 Å². The van der Waals surface area contributed by atoms with Crippen LogP contribution >= 0.6 is 22.9 Å². The van der Waals surface area contributed by atoms with Gasteiger partial charge in [0.1, 0.15) is 16.3 Å². The van der Waals surface area contributed by atoms with E-state index in [2.05, 4.69) is 9.97 Å². The van der Waals surface area contributed by atoms with Gasteiger partial charge in [-0.05, 0) is 12.1 Å². The molecule has 2 heterocycles. The number of fused-ring (bicyclic) bond motifs is 1. The molecule has 1 aromatic carbocycles. The van der Waals surface area contributed by atoms with E-state index in [0.717, 1.165) is 11.3 Å². The summed E-state index contributed by atoms with van der Waals surface area (Å²) in [5.74, 6) is -0.634. The van der Waals surface area contributed by atoms with E-state index in [9.17, 15) is 4.79 Å². The van der Waals surface area contributed by atoms with Crippen molar-refractivity contribution in [3.8, 4) is 17.3 Å². The third kappa shape index (κ3) is 2.99. The second-order valence-electron chi connectivity index (χ2n) is 4.83.